The molecule has 5 heteroatoms. The van der Waals surface area contributed by atoms with Crippen LogP contribution in [0.4, 0.5) is 5.95 Å². The molecule has 2 heterocycles. The zero-order valence-electron chi connectivity index (χ0n) is 9.67. The summed E-state index contributed by atoms with van der Waals surface area (Å²) in [5, 5.41) is 3.17. The number of nitrogens with zero attached hydrogens (tertiary/aromatic N) is 1. The van der Waals surface area contributed by atoms with Crippen LogP contribution in [0.15, 0.2) is 4.79 Å². The van der Waals surface area contributed by atoms with E-state index in [1.54, 1.807) is 11.8 Å². The third-order valence-corrected chi connectivity index (χ3v) is 3.57. The fourth-order valence-electron chi connectivity index (χ4n) is 1.63. The predicted molar refractivity (Wildman–Crippen MR) is 67.8 cm³/mol. The Kier molecular flexibility index (Phi) is 3.53. The maximum atomic E-state index is 11.7. The van der Waals surface area contributed by atoms with Gasteiger partial charge in [-0.2, -0.15) is 11.8 Å². The van der Waals surface area contributed by atoms with Crippen molar-refractivity contribution in [1.29, 1.82) is 0 Å². The largest absolute Gasteiger partial charge is 0.356 e. The minimum Gasteiger partial charge on any atom is -0.356 e. The molecule has 2 rings (SSSR count). The van der Waals surface area contributed by atoms with Crippen molar-refractivity contribution in [3.8, 4) is 0 Å². The van der Waals surface area contributed by atoms with Crippen LogP contribution < -0.4 is 10.9 Å². The molecule has 0 fully saturated rings. The van der Waals surface area contributed by atoms with E-state index in [-0.39, 0.29) is 5.56 Å². The molecule has 0 bridgehead atoms. The Balaban J connectivity index is 2.06. The molecule has 1 aliphatic heterocycles. The van der Waals surface area contributed by atoms with Gasteiger partial charge in [0.15, 0.2) is 0 Å². The summed E-state index contributed by atoms with van der Waals surface area (Å²) in [6, 6.07) is 0. The van der Waals surface area contributed by atoms with Gasteiger partial charge in [-0.1, -0.05) is 13.8 Å². The van der Waals surface area contributed by atoms with Gasteiger partial charge < -0.3 is 5.32 Å². The van der Waals surface area contributed by atoms with Crippen molar-refractivity contribution < 1.29 is 0 Å². The van der Waals surface area contributed by atoms with Gasteiger partial charge in [0.25, 0.3) is 5.56 Å². The topological polar surface area (TPSA) is 57.8 Å². The highest BCUT2D eigenvalue weighted by Crippen LogP contribution is 2.25. The number of anilines is 1. The summed E-state index contributed by atoms with van der Waals surface area (Å²) in [6.07, 6.45) is 1.08. The second-order valence-electron chi connectivity index (χ2n) is 4.44. The first-order chi connectivity index (χ1) is 7.66. The average Bonchev–Trinajstić information content (AvgIpc) is 2.65. The van der Waals surface area contributed by atoms with E-state index in [1.807, 2.05) is 0 Å². The first-order valence-electron chi connectivity index (χ1n) is 5.60. The van der Waals surface area contributed by atoms with Crippen LogP contribution in [0, 0.1) is 5.92 Å². The van der Waals surface area contributed by atoms with E-state index in [9.17, 15) is 4.79 Å². The Morgan fingerprint density at radius 2 is 2.31 bits per heavy atom. The highest BCUT2D eigenvalue weighted by molar-refractivity contribution is 7.98. The highest BCUT2D eigenvalue weighted by atomic mass is 32.2. The Morgan fingerprint density at radius 3 is 3.06 bits per heavy atom. The van der Waals surface area contributed by atoms with Gasteiger partial charge in [0.05, 0.1) is 5.69 Å². The van der Waals surface area contributed by atoms with Crippen molar-refractivity contribution in [3.05, 3.63) is 21.6 Å². The first-order valence-corrected chi connectivity index (χ1v) is 6.76. The molecule has 0 saturated carbocycles. The van der Waals surface area contributed by atoms with Gasteiger partial charge in [0.2, 0.25) is 5.95 Å². The van der Waals surface area contributed by atoms with Crippen molar-refractivity contribution >= 4 is 17.7 Å². The van der Waals surface area contributed by atoms with Crippen molar-refractivity contribution in [3.63, 3.8) is 0 Å². The number of hydrogen-bond acceptors (Lipinski definition) is 4. The predicted octanol–water partition coefficient (Wildman–Crippen LogP) is 1.97. The highest BCUT2D eigenvalue weighted by Gasteiger charge is 2.17. The Hall–Kier alpha value is -0.970. The average molecular weight is 239 g/mol. The van der Waals surface area contributed by atoms with Gasteiger partial charge in [0.1, 0.15) is 0 Å². The van der Waals surface area contributed by atoms with Crippen molar-refractivity contribution in [2.75, 3.05) is 11.9 Å². The van der Waals surface area contributed by atoms with Crippen LogP contribution in [-0.2, 0) is 11.5 Å². The van der Waals surface area contributed by atoms with Crippen LogP contribution in [0.1, 0.15) is 31.5 Å². The summed E-state index contributed by atoms with van der Waals surface area (Å²) in [6.45, 7) is 5.21. The summed E-state index contributed by atoms with van der Waals surface area (Å²) in [5.41, 5.74) is 1.81. The Bertz CT molecular complexity index is 428. The van der Waals surface area contributed by atoms with Crippen molar-refractivity contribution in [2.24, 2.45) is 5.92 Å². The molecule has 1 aromatic rings. The van der Waals surface area contributed by atoms with E-state index in [0.29, 0.717) is 11.9 Å². The zero-order chi connectivity index (χ0) is 11.5. The third kappa shape index (κ3) is 2.58. The molecule has 2 N–H and O–H groups in total. The number of aromatic amines is 1. The minimum atomic E-state index is 0.0158. The fraction of sp³-hybridized carbons (Fsp3) is 0.636. The van der Waals surface area contributed by atoms with E-state index in [2.05, 4.69) is 29.1 Å². The van der Waals surface area contributed by atoms with E-state index in [0.717, 1.165) is 35.7 Å². The Morgan fingerprint density at radius 1 is 1.50 bits per heavy atom. The Labute approximate surface area is 99.3 Å². The lowest BCUT2D eigenvalue weighted by molar-refractivity contribution is 0.605. The molecule has 0 unspecified atom stereocenters. The third-order valence-electron chi connectivity index (χ3n) is 2.60. The second-order valence-corrected chi connectivity index (χ2v) is 5.43. The van der Waals surface area contributed by atoms with Crippen LogP contribution in [0.25, 0.3) is 0 Å². The van der Waals surface area contributed by atoms with Crippen LogP contribution in [0.3, 0.4) is 0 Å². The lowest BCUT2D eigenvalue weighted by Crippen LogP contribution is -2.18. The maximum absolute atomic E-state index is 11.7. The number of rotatable bonds is 4. The molecule has 0 saturated heterocycles. The zero-order valence-corrected chi connectivity index (χ0v) is 10.5. The number of hydrogen-bond donors (Lipinski definition) is 2. The van der Waals surface area contributed by atoms with Gasteiger partial charge in [0, 0.05) is 23.6 Å². The summed E-state index contributed by atoms with van der Waals surface area (Å²) in [4.78, 5) is 18.9. The molecular formula is C11H17N3OS. The summed E-state index contributed by atoms with van der Waals surface area (Å²) < 4.78 is 0. The van der Waals surface area contributed by atoms with Crippen LogP contribution in [0.2, 0.25) is 0 Å². The second kappa shape index (κ2) is 4.91. The quantitative estimate of drug-likeness (QED) is 0.843. The standard InChI is InChI=1S/C11H17N3OS/c1-7(2)3-4-12-11-13-9-6-16-5-8(9)10(15)14-11/h7H,3-6H2,1-2H3,(H2,12,13,14,15). The number of nitrogens with one attached hydrogen (secondary N) is 2. The molecular weight excluding hydrogens is 222 g/mol. The number of H-pyrrole nitrogens is 1. The molecule has 1 aliphatic rings. The lowest BCUT2D eigenvalue weighted by atomic mass is 10.1. The summed E-state index contributed by atoms with van der Waals surface area (Å²) in [7, 11) is 0. The van der Waals surface area contributed by atoms with Crippen LogP contribution in [0.5, 0.6) is 0 Å². The van der Waals surface area contributed by atoms with Gasteiger partial charge in [-0.25, -0.2) is 4.98 Å². The first kappa shape index (κ1) is 11.5. The van der Waals surface area contributed by atoms with Crippen molar-refractivity contribution in [2.45, 2.75) is 31.8 Å². The van der Waals surface area contributed by atoms with Crippen LogP contribution in [-0.4, -0.2) is 16.5 Å². The van der Waals surface area contributed by atoms with Crippen LogP contribution >= 0.6 is 11.8 Å². The fourth-order valence-corrected chi connectivity index (χ4v) is 2.66. The van der Waals surface area contributed by atoms with E-state index in [1.165, 1.54) is 0 Å². The van der Waals surface area contributed by atoms with E-state index < -0.39 is 0 Å². The summed E-state index contributed by atoms with van der Waals surface area (Å²) >= 11 is 1.74. The molecule has 0 atom stereocenters. The van der Waals surface area contributed by atoms with Crippen molar-refractivity contribution in [1.82, 2.24) is 9.97 Å². The molecule has 16 heavy (non-hydrogen) atoms. The normalized spacial score (nSPS) is 14.2. The van der Waals surface area contributed by atoms with Gasteiger partial charge in [-0.15, -0.1) is 0 Å². The minimum absolute atomic E-state index is 0.0158. The molecule has 4 nitrogen and oxygen atoms in total. The molecule has 0 aromatic carbocycles. The number of fused-ring (bicyclic) bond motifs is 1. The molecule has 0 spiro atoms. The van der Waals surface area contributed by atoms with Gasteiger partial charge in [-0.3, -0.25) is 9.78 Å². The molecule has 1 aromatic heterocycles. The maximum Gasteiger partial charge on any atom is 0.256 e. The smallest absolute Gasteiger partial charge is 0.256 e. The number of thioether (sulfide) groups is 1. The van der Waals surface area contributed by atoms with E-state index in [4.69, 9.17) is 0 Å². The molecule has 88 valence electrons. The molecule has 0 amide bonds. The van der Waals surface area contributed by atoms with Gasteiger partial charge in [-0.05, 0) is 12.3 Å². The molecule has 0 aliphatic carbocycles. The SMILES string of the molecule is CC(C)CCNc1nc2c(c(=O)[nH]1)CSC2. The summed E-state index contributed by atoms with van der Waals surface area (Å²) in [5.74, 6) is 2.93. The van der Waals surface area contributed by atoms with Gasteiger partial charge >= 0.3 is 0 Å². The monoisotopic (exact) mass is 239 g/mol. The number of aromatic nitrogens is 2. The lowest BCUT2D eigenvalue weighted by Gasteiger charge is -2.08. The van der Waals surface area contributed by atoms with E-state index >= 15 is 0 Å². The molecule has 0 radical (unpaired) electrons.